The molecule has 6 nitrogen and oxygen atoms in total. The maximum Gasteiger partial charge on any atom is 0.225 e. The second-order valence-corrected chi connectivity index (χ2v) is 9.84. The maximum absolute atomic E-state index is 14.9. The highest BCUT2D eigenvalue weighted by Crippen LogP contribution is 2.30. The predicted octanol–water partition coefficient (Wildman–Crippen LogP) is 5.11. The Morgan fingerprint density at radius 2 is 1.54 bits per heavy atom. The van der Waals surface area contributed by atoms with Crippen LogP contribution in [0, 0.1) is 17.6 Å². The second kappa shape index (κ2) is 12.0. The highest BCUT2D eigenvalue weighted by atomic mass is 19.1. The fourth-order valence-electron chi connectivity index (χ4n) is 4.88. The lowest BCUT2D eigenvalue weighted by Gasteiger charge is -2.31. The van der Waals surface area contributed by atoms with Crippen molar-refractivity contribution in [3.8, 4) is 16.9 Å². The van der Waals surface area contributed by atoms with Crippen molar-refractivity contribution in [3.05, 3.63) is 71.6 Å². The van der Waals surface area contributed by atoms with Crippen LogP contribution < -0.4 is 9.64 Å². The van der Waals surface area contributed by atoms with Crippen LogP contribution in [0.25, 0.3) is 11.1 Å². The molecule has 37 heavy (non-hydrogen) atoms. The molecule has 2 aliphatic rings. The second-order valence-electron chi connectivity index (χ2n) is 9.84. The van der Waals surface area contributed by atoms with E-state index in [-0.39, 0.29) is 18.3 Å². The SMILES string of the molecule is CCc1cnc(N2CCC(COc3c(F)cc(-c4ccc(CN5CCOCC5)cc4)cc3F)CC2)nc1. The van der Waals surface area contributed by atoms with E-state index < -0.39 is 11.6 Å². The summed E-state index contributed by atoms with van der Waals surface area (Å²) >= 11 is 0. The smallest absolute Gasteiger partial charge is 0.225 e. The quantitative estimate of drug-likeness (QED) is 0.422. The monoisotopic (exact) mass is 508 g/mol. The number of ether oxygens (including phenoxy) is 2. The van der Waals surface area contributed by atoms with Crippen LogP contribution in [0.3, 0.4) is 0 Å². The first-order valence-electron chi connectivity index (χ1n) is 13.2. The molecule has 8 heteroatoms. The van der Waals surface area contributed by atoms with Crippen LogP contribution in [-0.4, -0.2) is 60.9 Å². The minimum absolute atomic E-state index is 0.226. The van der Waals surface area contributed by atoms with Crippen LogP contribution in [0.2, 0.25) is 0 Å². The van der Waals surface area contributed by atoms with Gasteiger partial charge in [0.25, 0.3) is 0 Å². The molecule has 2 aromatic carbocycles. The van der Waals surface area contributed by atoms with Gasteiger partial charge < -0.3 is 14.4 Å². The number of nitrogens with zero attached hydrogens (tertiary/aromatic N) is 4. The fourth-order valence-corrected chi connectivity index (χ4v) is 4.88. The predicted molar refractivity (Wildman–Crippen MR) is 140 cm³/mol. The standard InChI is InChI=1S/C29H34F2N4O2/c1-2-21-17-32-29(33-18-21)35-9-7-23(8-10-35)20-37-28-26(30)15-25(16-27(28)31)24-5-3-22(4-6-24)19-34-11-13-36-14-12-34/h3-6,15-18,23H,2,7-14,19-20H2,1H3. The molecule has 0 atom stereocenters. The maximum atomic E-state index is 14.9. The molecule has 0 N–H and O–H groups in total. The summed E-state index contributed by atoms with van der Waals surface area (Å²) in [7, 11) is 0. The van der Waals surface area contributed by atoms with Gasteiger partial charge in [-0.3, -0.25) is 4.90 Å². The summed E-state index contributed by atoms with van der Waals surface area (Å²) in [5.41, 5.74) is 3.56. The molecular weight excluding hydrogens is 474 g/mol. The van der Waals surface area contributed by atoms with Crippen LogP contribution >= 0.6 is 0 Å². The Balaban J connectivity index is 1.15. The zero-order valence-corrected chi connectivity index (χ0v) is 21.3. The summed E-state index contributed by atoms with van der Waals surface area (Å²) in [6.45, 7) is 8.15. The van der Waals surface area contributed by atoms with Gasteiger partial charge in [-0.2, -0.15) is 0 Å². The van der Waals surface area contributed by atoms with Crippen molar-refractivity contribution in [1.29, 1.82) is 0 Å². The molecule has 0 unspecified atom stereocenters. The van der Waals surface area contributed by atoms with E-state index in [4.69, 9.17) is 9.47 Å². The summed E-state index contributed by atoms with van der Waals surface area (Å²) in [6, 6.07) is 10.6. The van der Waals surface area contributed by atoms with Gasteiger partial charge in [-0.25, -0.2) is 18.7 Å². The summed E-state index contributed by atoms with van der Waals surface area (Å²) < 4.78 is 40.8. The van der Waals surface area contributed by atoms with Gasteiger partial charge in [0.15, 0.2) is 17.4 Å². The molecule has 2 aliphatic heterocycles. The van der Waals surface area contributed by atoms with Crippen molar-refractivity contribution < 1.29 is 18.3 Å². The van der Waals surface area contributed by atoms with E-state index in [0.717, 1.165) is 82.3 Å². The number of anilines is 1. The van der Waals surface area contributed by atoms with Crippen LogP contribution in [0.4, 0.5) is 14.7 Å². The van der Waals surface area contributed by atoms with Crippen molar-refractivity contribution in [2.45, 2.75) is 32.7 Å². The molecule has 2 saturated heterocycles. The van der Waals surface area contributed by atoms with E-state index >= 15 is 0 Å². The Labute approximate surface area is 217 Å². The minimum Gasteiger partial charge on any atom is -0.487 e. The van der Waals surface area contributed by atoms with E-state index in [2.05, 4.69) is 26.7 Å². The van der Waals surface area contributed by atoms with Crippen LogP contribution in [0.15, 0.2) is 48.8 Å². The highest BCUT2D eigenvalue weighted by molar-refractivity contribution is 5.65. The zero-order chi connectivity index (χ0) is 25.6. The minimum atomic E-state index is -0.672. The topological polar surface area (TPSA) is 50.7 Å². The average molecular weight is 509 g/mol. The first-order valence-corrected chi connectivity index (χ1v) is 13.2. The number of halogens is 2. The van der Waals surface area contributed by atoms with E-state index in [1.54, 1.807) is 0 Å². The molecule has 0 bridgehead atoms. The Kier molecular flexibility index (Phi) is 8.26. The van der Waals surface area contributed by atoms with Crippen LogP contribution in [0.5, 0.6) is 5.75 Å². The first-order chi connectivity index (χ1) is 18.1. The Morgan fingerprint density at radius 1 is 0.892 bits per heavy atom. The van der Waals surface area contributed by atoms with Gasteiger partial charge in [-0.1, -0.05) is 31.2 Å². The third kappa shape index (κ3) is 6.43. The summed E-state index contributed by atoms with van der Waals surface area (Å²) in [6.07, 6.45) is 6.36. The lowest BCUT2D eigenvalue weighted by molar-refractivity contribution is 0.0342. The number of piperidine rings is 1. The van der Waals surface area contributed by atoms with Crippen LogP contribution in [-0.2, 0) is 17.7 Å². The first kappa shape index (κ1) is 25.5. The molecule has 5 rings (SSSR count). The van der Waals surface area contributed by atoms with E-state index in [9.17, 15) is 8.78 Å². The van der Waals surface area contributed by atoms with Crippen molar-refractivity contribution in [2.24, 2.45) is 5.92 Å². The number of hydrogen-bond donors (Lipinski definition) is 0. The number of rotatable bonds is 8. The van der Waals surface area contributed by atoms with E-state index in [1.165, 1.54) is 17.7 Å². The molecule has 0 saturated carbocycles. The third-order valence-corrected chi connectivity index (χ3v) is 7.26. The Bertz CT molecular complexity index is 1140. The molecule has 3 heterocycles. The fraction of sp³-hybridized carbons (Fsp3) is 0.448. The molecule has 2 fully saturated rings. The molecule has 3 aromatic rings. The lowest BCUT2D eigenvalue weighted by atomic mass is 9.98. The number of hydrogen-bond acceptors (Lipinski definition) is 6. The highest BCUT2D eigenvalue weighted by Gasteiger charge is 2.23. The van der Waals surface area contributed by atoms with Gasteiger partial charge in [0, 0.05) is 45.1 Å². The van der Waals surface area contributed by atoms with Gasteiger partial charge >= 0.3 is 0 Å². The molecule has 196 valence electrons. The normalized spacial score (nSPS) is 17.2. The van der Waals surface area contributed by atoms with Gasteiger partial charge in [-0.15, -0.1) is 0 Å². The van der Waals surface area contributed by atoms with Gasteiger partial charge in [0.05, 0.1) is 19.8 Å². The number of aryl methyl sites for hydroxylation is 1. The lowest BCUT2D eigenvalue weighted by Crippen LogP contribution is -2.36. The Morgan fingerprint density at radius 3 is 2.16 bits per heavy atom. The summed E-state index contributed by atoms with van der Waals surface area (Å²) in [5, 5.41) is 0. The zero-order valence-electron chi connectivity index (χ0n) is 21.3. The third-order valence-electron chi connectivity index (χ3n) is 7.26. The number of benzene rings is 2. The molecular formula is C29H34F2N4O2. The average Bonchev–Trinajstić information content (AvgIpc) is 2.94. The summed E-state index contributed by atoms with van der Waals surface area (Å²) in [4.78, 5) is 13.4. The molecule has 1 aromatic heterocycles. The largest absolute Gasteiger partial charge is 0.487 e. The number of morpholine rings is 1. The van der Waals surface area contributed by atoms with Gasteiger partial charge in [0.2, 0.25) is 5.95 Å². The van der Waals surface area contributed by atoms with Crippen LogP contribution in [0.1, 0.15) is 30.9 Å². The van der Waals surface area contributed by atoms with Crippen molar-refractivity contribution in [1.82, 2.24) is 14.9 Å². The molecule has 0 spiro atoms. The van der Waals surface area contributed by atoms with Crippen molar-refractivity contribution in [2.75, 3.05) is 50.9 Å². The molecule has 0 amide bonds. The Hall–Kier alpha value is -3.10. The van der Waals surface area contributed by atoms with E-state index in [1.807, 2.05) is 36.7 Å². The van der Waals surface area contributed by atoms with Crippen molar-refractivity contribution >= 4 is 5.95 Å². The van der Waals surface area contributed by atoms with Crippen molar-refractivity contribution in [3.63, 3.8) is 0 Å². The molecule has 0 aliphatic carbocycles. The van der Waals surface area contributed by atoms with E-state index in [0.29, 0.717) is 5.56 Å². The summed E-state index contributed by atoms with van der Waals surface area (Å²) in [5.74, 6) is -0.681. The molecule has 0 radical (unpaired) electrons. The number of aromatic nitrogens is 2. The van der Waals surface area contributed by atoms with Gasteiger partial charge in [-0.05, 0) is 59.6 Å². The van der Waals surface area contributed by atoms with Gasteiger partial charge in [0.1, 0.15) is 0 Å².